The molecule has 5 nitrogen and oxygen atoms in total. The standard InChI is InChI=1S/C15H12F3NO4/c16-11-5-10(14(21)22)12(6-13(11)20)19-7-8-1-3-9(4-2-8)23-15(17)18/h1-6,15,19-20H,7H2,(H,21,22). The van der Waals surface area contributed by atoms with E-state index >= 15 is 0 Å². The summed E-state index contributed by atoms with van der Waals surface area (Å²) in [7, 11) is 0. The quantitative estimate of drug-likeness (QED) is 0.757. The lowest BCUT2D eigenvalue weighted by atomic mass is 10.1. The van der Waals surface area contributed by atoms with E-state index in [9.17, 15) is 23.1 Å². The molecule has 0 saturated heterocycles. The zero-order valence-corrected chi connectivity index (χ0v) is 11.6. The van der Waals surface area contributed by atoms with Crippen LogP contribution in [0.4, 0.5) is 18.9 Å². The fraction of sp³-hybridized carbons (Fsp3) is 0.133. The van der Waals surface area contributed by atoms with Crippen LogP contribution in [0, 0.1) is 5.82 Å². The van der Waals surface area contributed by atoms with Crippen molar-refractivity contribution in [1.29, 1.82) is 0 Å². The minimum atomic E-state index is -2.92. The number of nitrogens with one attached hydrogen (secondary N) is 1. The number of hydrogen-bond donors (Lipinski definition) is 3. The molecule has 0 saturated carbocycles. The SMILES string of the molecule is O=C(O)c1cc(F)c(O)cc1NCc1ccc(OC(F)F)cc1. The van der Waals surface area contributed by atoms with Crippen molar-refractivity contribution in [3.63, 3.8) is 0 Å². The molecule has 0 amide bonds. The van der Waals surface area contributed by atoms with Crippen molar-refractivity contribution in [2.24, 2.45) is 0 Å². The van der Waals surface area contributed by atoms with Gasteiger partial charge in [-0.05, 0) is 23.8 Å². The molecule has 0 fully saturated rings. The molecule has 0 atom stereocenters. The van der Waals surface area contributed by atoms with Crippen molar-refractivity contribution in [3.8, 4) is 11.5 Å². The van der Waals surface area contributed by atoms with Gasteiger partial charge >= 0.3 is 12.6 Å². The number of aromatic hydroxyl groups is 1. The topological polar surface area (TPSA) is 78.8 Å². The van der Waals surface area contributed by atoms with Crippen molar-refractivity contribution in [2.45, 2.75) is 13.2 Å². The summed E-state index contributed by atoms with van der Waals surface area (Å²) in [5, 5.41) is 21.1. The summed E-state index contributed by atoms with van der Waals surface area (Å²) >= 11 is 0. The molecular weight excluding hydrogens is 315 g/mol. The average Bonchev–Trinajstić information content (AvgIpc) is 2.48. The van der Waals surface area contributed by atoms with Crippen molar-refractivity contribution in [1.82, 2.24) is 0 Å². The number of rotatable bonds is 6. The van der Waals surface area contributed by atoms with Gasteiger partial charge in [0.1, 0.15) is 5.75 Å². The normalized spacial score (nSPS) is 10.6. The second-order valence-corrected chi connectivity index (χ2v) is 4.53. The number of alkyl halides is 2. The number of anilines is 1. The zero-order chi connectivity index (χ0) is 17.0. The highest BCUT2D eigenvalue weighted by molar-refractivity contribution is 5.94. The van der Waals surface area contributed by atoms with E-state index in [2.05, 4.69) is 10.1 Å². The lowest BCUT2D eigenvalue weighted by Gasteiger charge is -2.11. The van der Waals surface area contributed by atoms with Gasteiger partial charge in [0.2, 0.25) is 0 Å². The first-order valence-electron chi connectivity index (χ1n) is 6.40. The summed E-state index contributed by atoms with van der Waals surface area (Å²) in [6.45, 7) is -2.78. The summed E-state index contributed by atoms with van der Waals surface area (Å²) in [5.41, 5.74) is 0.342. The van der Waals surface area contributed by atoms with Gasteiger partial charge in [-0.2, -0.15) is 8.78 Å². The van der Waals surface area contributed by atoms with Crippen molar-refractivity contribution in [2.75, 3.05) is 5.32 Å². The van der Waals surface area contributed by atoms with Crippen LogP contribution in [0.1, 0.15) is 15.9 Å². The van der Waals surface area contributed by atoms with Crippen LogP contribution in [0.5, 0.6) is 11.5 Å². The fourth-order valence-corrected chi connectivity index (χ4v) is 1.87. The lowest BCUT2D eigenvalue weighted by Crippen LogP contribution is -2.07. The summed E-state index contributed by atoms with van der Waals surface area (Å²) in [6, 6.07) is 7.36. The van der Waals surface area contributed by atoms with Gasteiger partial charge < -0.3 is 20.3 Å². The number of carboxylic acids is 1. The maximum atomic E-state index is 13.2. The molecule has 122 valence electrons. The third kappa shape index (κ3) is 4.29. The van der Waals surface area contributed by atoms with Crippen molar-refractivity contribution < 1.29 is 32.9 Å². The largest absolute Gasteiger partial charge is 0.505 e. The molecule has 3 N–H and O–H groups in total. The predicted molar refractivity (Wildman–Crippen MR) is 75.4 cm³/mol. The molecule has 0 spiro atoms. The van der Waals surface area contributed by atoms with Gasteiger partial charge in [-0.15, -0.1) is 0 Å². The molecule has 2 rings (SSSR count). The molecule has 0 heterocycles. The maximum Gasteiger partial charge on any atom is 0.387 e. The van der Waals surface area contributed by atoms with Gasteiger partial charge in [-0.25, -0.2) is 9.18 Å². The first kappa shape index (κ1) is 16.5. The Bertz CT molecular complexity index is 705. The van der Waals surface area contributed by atoms with E-state index < -0.39 is 24.1 Å². The molecule has 8 heteroatoms. The van der Waals surface area contributed by atoms with Crippen molar-refractivity contribution in [3.05, 3.63) is 53.3 Å². The first-order valence-corrected chi connectivity index (χ1v) is 6.40. The van der Waals surface area contributed by atoms with Gasteiger partial charge in [-0.1, -0.05) is 12.1 Å². The summed E-state index contributed by atoms with van der Waals surface area (Å²) < 4.78 is 41.5. The number of aromatic carboxylic acids is 1. The highest BCUT2D eigenvalue weighted by Gasteiger charge is 2.14. The van der Waals surface area contributed by atoms with E-state index in [-0.39, 0.29) is 23.5 Å². The highest BCUT2D eigenvalue weighted by Crippen LogP contribution is 2.26. The Kier molecular flexibility index (Phi) is 4.95. The van der Waals surface area contributed by atoms with Crippen LogP contribution in [0.25, 0.3) is 0 Å². The van der Waals surface area contributed by atoms with Crippen LogP contribution in [-0.2, 0) is 6.54 Å². The minimum absolute atomic E-state index is 0.00518. The van der Waals surface area contributed by atoms with Crippen LogP contribution in [0.2, 0.25) is 0 Å². The molecule has 2 aromatic rings. The van der Waals surface area contributed by atoms with E-state index in [0.717, 1.165) is 6.07 Å². The number of ether oxygens (including phenoxy) is 1. The van der Waals surface area contributed by atoms with Gasteiger partial charge in [-0.3, -0.25) is 0 Å². The lowest BCUT2D eigenvalue weighted by molar-refractivity contribution is -0.0498. The van der Waals surface area contributed by atoms with Crippen LogP contribution in [-0.4, -0.2) is 22.8 Å². The molecule has 0 bridgehead atoms. The molecule has 0 radical (unpaired) electrons. The number of phenolic OH excluding ortho intramolecular Hbond substituents is 1. The molecular formula is C15H12F3NO4. The Morgan fingerprint density at radius 3 is 2.43 bits per heavy atom. The summed E-state index contributed by atoms with van der Waals surface area (Å²) in [6.07, 6.45) is 0. The molecule has 0 aliphatic heterocycles. The second-order valence-electron chi connectivity index (χ2n) is 4.53. The predicted octanol–water partition coefficient (Wildman–Crippen LogP) is 3.44. The minimum Gasteiger partial charge on any atom is -0.505 e. The number of halogens is 3. The summed E-state index contributed by atoms with van der Waals surface area (Å²) in [5.74, 6) is -3.08. The zero-order valence-electron chi connectivity index (χ0n) is 11.6. The smallest absolute Gasteiger partial charge is 0.387 e. The second kappa shape index (κ2) is 6.91. The van der Waals surface area contributed by atoms with Crippen LogP contribution < -0.4 is 10.1 Å². The van der Waals surface area contributed by atoms with Crippen molar-refractivity contribution >= 4 is 11.7 Å². The Labute approximate surface area is 128 Å². The monoisotopic (exact) mass is 327 g/mol. The molecule has 23 heavy (non-hydrogen) atoms. The van der Waals surface area contributed by atoms with E-state index in [1.165, 1.54) is 24.3 Å². The van der Waals surface area contributed by atoms with E-state index in [0.29, 0.717) is 11.6 Å². The van der Waals surface area contributed by atoms with E-state index in [1.807, 2.05) is 0 Å². The number of hydrogen-bond acceptors (Lipinski definition) is 4. The van der Waals surface area contributed by atoms with Crippen LogP contribution in [0.3, 0.4) is 0 Å². The van der Waals surface area contributed by atoms with Gasteiger partial charge in [0.25, 0.3) is 0 Å². The third-order valence-electron chi connectivity index (χ3n) is 2.95. The van der Waals surface area contributed by atoms with E-state index in [1.54, 1.807) is 0 Å². The Morgan fingerprint density at radius 1 is 1.22 bits per heavy atom. The average molecular weight is 327 g/mol. The molecule has 0 aromatic heterocycles. The first-order chi connectivity index (χ1) is 10.9. The molecule has 2 aromatic carbocycles. The Morgan fingerprint density at radius 2 is 1.87 bits per heavy atom. The number of carboxylic acid groups (broad SMARTS) is 1. The van der Waals surface area contributed by atoms with Crippen LogP contribution >= 0.6 is 0 Å². The summed E-state index contributed by atoms with van der Waals surface area (Å²) in [4.78, 5) is 11.1. The van der Waals surface area contributed by atoms with Crippen LogP contribution in [0.15, 0.2) is 36.4 Å². The third-order valence-corrected chi connectivity index (χ3v) is 2.95. The molecule has 0 unspecified atom stereocenters. The number of benzene rings is 2. The maximum absolute atomic E-state index is 13.2. The van der Waals surface area contributed by atoms with Gasteiger partial charge in [0.15, 0.2) is 11.6 Å². The fourth-order valence-electron chi connectivity index (χ4n) is 1.87. The van der Waals surface area contributed by atoms with Gasteiger partial charge in [0.05, 0.1) is 11.3 Å². The Hall–Kier alpha value is -2.90. The highest BCUT2D eigenvalue weighted by atomic mass is 19.3. The van der Waals surface area contributed by atoms with E-state index in [4.69, 9.17) is 5.11 Å². The Balaban J connectivity index is 2.11. The number of phenols is 1. The molecule has 0 aliphatic carbocycles. The molecule has 0 aliphatic rings. The number of carbonyl (C=O) groups is 1. The van der Waals surface area contributed by atoms with Gasteiger partial charge in [0, 0.05) is 12.6 Å².